The first-order chi connectivity index (χ1) is 16.3. The maximum atomic E-state index is 14.6. The van der Waals surface area contributed by atoms with Crippen LogP contribution >= 0.6 is 0 Å². The van der Waals surface area contributed by atoms with Gasteiger partial charge in [-0.2, -0.15) is 5.26 Å². The van der Waals surface area contributed by atoms with E-state index in [2.05, 4.69) is 23.9 Å². The fraction of sp³-hybridized carbons (Fsp3) is 0.333. The summed E-state index contributed by atoms with van der Waals surface area (Å²) in [6.07, 6.45) is 1.92. The predicted molar refractivity (Wildman–Crippen MR) is 132 cm³/mol. The van der Waals surface area contributed by atoms with Gasteiger partial charge < -0.3 is 19.5 Å². The highest BCUT2D eigenvalue weighted by molar-refractivity contribution is 5.84. The third-order valence-electron chi connectivity index (χ3n) is 6.74. The Balaban J connectivity index is 1.87. The number of hydrogen-bond acceptors (Lipinski definition) is 5. The van der Waals surface area contributed by atoms with Gasteiger partial charge in [0.2, 0.25) is 0 Å². The Kier molecular flexibility index (Phi) is 6.82. The SMILES string of the molecule is CN(C)C1CCN(c2cc(-c3ccc(C#N)c(F)c3)c(-c3ccc(CO)cc3)n(C)c2=O)CC1. The van der Waals surface area contributed by atoms with E-state index >= 15 is 0 Å². The number of nitrogens with zero attached hydrogens (tertiary/aromatic N) is 4. The number of halogens is 1. The van der Waals surface area contributed by atoms with Crippen molar-refractivity contribution in [2.24, 2.45) is 7.05 Å². The van der Waals surface area contributed by atoms with Gasteiger partial charge in [-0.3, -0.25) is 4.79 Å². The summed E-state index contributed by atoms with van der Waals surface area (Å²) in [5, 5.41) is 18.6. The van der Waals surface area contributed by atoms with Crippen LogP contribution in [0, 0.1) is 17.1 Å². The molecular formula is C27H29FN4O2. The maximum absolute atomic E-state index is 14.6. The van der Waals surface area contributed by atoms with E-state index in [0.717, 1.165) is 37.1 Å². The van der Waals surface area contributed by atoms with Gasteiger partial charge in [0, 0.05) is 31.7 Å². The second kappa shape index (κ2) is 9.80. The smallest absolute Gasteiger partial charge is 0.274 e. The standard InChI is InChI=1S/C27H29FN4O2/c1-30(2)22-10-12-32(13-11-22)25-15-23(20-8-9-21(16-29)24(28)14-20)26(31(3)27(25)34)19-6-4-18(17-33)5-7-19/h4-9,14-15,22,33H,10-13,17H2,1-3H3. The van der Waals surface area contributed by atoms with E-state index in [9.17, 15) is 14.3 Å². The molecule has 1 fully saturated rings. The van der Waals surface area contributed by atoms with Gasteiger partial charge in [-0.15, -0.1) is 0 Å². The first-order valence-electron chi connectivity index (χ1n) is 11.4. The minimum Gasteiger partial charge on any atom is -0.392 e. The van der Waals surface area contributed by atoms with E-state index in [4.69, 9.17) is 5.26 Å². The highest BCUT2D eigenvalue weighted by atomic mass is 19.1. The van der Waals surface area contributed by atoms with E-state index in [1.807, 2.05) is 36.4 Å². The zero-order chi connectivity index (χ0) is 24.4. The van der Waals surface area contributed by atoms with Crippen LogP contribution in [-0.4, -0.2) is 47.8 Å². The molecular weight excluding hydrogens is 431 g/mol. The van der Waals surface area contributed by atoms with Gasteiger partial charge in [0.25, 0.3) is 5.56 Å². The number of anilines is 1. The molecule has 1 aliphatic heterocycles. The Morgan fingerprint density at radius 2 is 1.74 bits per heavy atom. The van der Waals surface area contributed by atoms with Crippen molar-refractivity contribution in [3.63, 3.8) is 0 Å². The van der Waals surface area contributed by atoms with Gasteiger partial charge in [-0.1, -0.05) is 30.3 Å². The van der Waals surface area contributed by atoms with E-state index in [-0.39, 0.29) is 17.7 Å². The number of aliphatic hydroxyl groups is 1. The van der Waals surface area contributed by atoms with Crippen molar-refractivity contribution >= 4 is 5.69 Å². The normalized spacial score (nSPS) is 14.4. The third-order valence-corrected chi connectivity index (χ3v) is 6.74. The molecule has 1 saturated heterocycles. The van der Waals surface area contributed by atoms with Crippen LogP contribution in [0.25, 0.3) is 22.4 Å². The minimum absolute atomic E-state index is 0.0200. The van der Waals surface area contributed by atoms with Crippen LogP contribution in [0.2, 0.25) is 0 Å². The van der Waals surface area contributed by atoms with E-state index in [1.54, 1.807) is 17.7 Å². The molecule has 1 aliphatic rings. The van der Waals surface area contributed by atoms with Crippen LogP contribution in [0.15, 0.2) is 53.3 Å². The Labute approximate surface area is 199 Å². The van der Waals surface area contributed by atoms with Gasteiger partial charge >= 0.3 is 0 Å². The zero-order valence-electron chi connectivity index (χ0n) is 19.8. The lowest BCUT2D eigenvalue weighted by Crippen LogP contribution is -2.44. The summed E-state index contributed by atoms with van der Waals surface area (Å²) in [6.45, 7) is 1.46. The number of nitriles is 1. The lowest BCUT2D eigenvalue weighted by atomic mass is 9.96. The lowest BCUT2D eigenvalue weighted by Gasteiger charge is -2.36. The summed E-state index contributed by atoms with van der Waals surface area (Å²) in [7, 11) is 5.89. The van der Waals surface area contributed by atoms with E-state index < -0.39 is 5.82 Å². The summed E-state index contributed by atoms with van der Waals surface area (Å²) in [5.41, 5.74) is 3.98. The Bertz CT molecular complexity index is 1280. The largest absolute Gasteiger partial charge is 0.392 e. The van der Waals surface area contributed by atoms with Gasteiger partial charge in [-0.25, -0.2) is 4.39 Å². The summed E-state index contributed by atoms with van der Waals surface area (Å²) >= 11 is 0. The Morgan fingerprint density at radius 3 is 2.29 bits per heavy atom. The molecule has 0 amide bonds. The first kappa shape index (κ1) is 23.7. The molecule has 7 heteroatoms. The molecule has 0 spiro atoms. The molecule has 4 rings (SSSR count). The van der Waals surface area contributed by atoms with Crippen LogP contribution in [0.1, 0.15) is 24.0 Å². The third kappa shape index (κ3) is 4.47. The highest BCUT2D eigenvalue weighted by Gasteiger charge is 2.25. The molecule has 0 unspecified atom stereocenters. The Hall–Kier alpha value is -3.47. The maximum Gasteiger partial charge on any atom is 0.274 e. The quantitative estimate of drug-likeness (QED) is 0.628. The van der Waals surface area contributed by atoms with Gasteiger partial charge in [0.1, 0.15) is 17.6 Å². The molecule has 2 heterocycles. The highest BCUT2D eigenvalue weighted by Crippen LogP contribution is 2.35. The molecule has 2 aromatic carbocycles. The molecule has 176 valence electrons. The van der Waals surface area contributed by atoms with Crippen molar-refractivity contribution in [1.29, 1.82) is 5.26 Å². The van der Waals surface area contributed by atoms with Gasteiger partial charge in [-0.05, 0) is 61.8 Å². The Morgan fingerprint density at radius 1 is 1.09 bits per heavy atom. The van der Waals surface area contributed by atoms with Gasteiger partial charge in [0.15, 0.2) is 0 Å². The molecule has 0 atom stereocenters. The van der Waals surface area contributed by atoms with Crippen LogP contribution in [0.3, 0.4) is 0 Å². The van der Waals surface area contributed by atoms with Crippen molar-refractivity contribution < 1.29 is 9.50 Å². The molecule has 0 aliphatic carbocycles. The summed E-state index contributed by atoms with van der Waals surface area (Å²) in [6, 6.07) is 16.1. The first-order valence-corrected chi connectivity index (χ1v) is 11.4. The summed E-state index contributed by atoms with van der Waals surface area (Å²) in [5.74, 6) is -0.594. The van der Waals surface area contributed by atoms with Crippen LogP contribution in [0.4, 0.5) is 10.1 Å². The lowest BCUT2D eigenvalue weighted by molar-refractivity contribution is 0.249. The average molecular weight is 461 g/mol. The number of aromatic nitrogens is 1. The monoisotopic (exact) mass is 460 g/mol. The number of piperidine rings is 1. The van der Waals surface area contributed by atoms with Crippen LogP contribution in [0.5, 0.6) is 0 Å². The van der Waals surface area contributed by atoms with Crippen molar-refractivity contribution in [3.8, 4) is 28.5 Å². The zero-order valence-corrected chi connectivity index (χ0v) is 19.8. The van der Waals surface area contributed by atoms with Crippen LogP contribution in [-0.2, 0) is 13.7 Å². The number of pyridine rings is 1. The molecule has 34 heavy (non-hydrogen) atoms. The van der Waals surface area contributed by atoms with Crippen LogP contribution < -0.4 is 10.5 Å². The molecule has 0 bridgehead atoms. The molecule has 0 radical (unpaired) electrons. The number of rotatable bonds is 5. The molecule has 0 saturated carbocycles. The number of hydrogen-bond donors (Lipinski definition) is 1. The molecule has 6 nitrogen and oxygen atoms in total. The second-order valence-corrected chi connectivity index (χ2v) is 9.00. The van der Waals surface area contributed by atoms with Crippen molar-refractivity contribution in [2.75, 3.05) is 32.1 Å². The average Bonchev–Trinajstić information content (AvgIpc) is 2.85. The summed E-state index contributed by atoms with van der Waals surface area (Å²) < 4.78 is 16.2. The van der Waals surface area contributed by atoms with E-state index in [0.29, 0.717) is 28.6 Å². The topological polar surface area (TPSA) is 72.5 Å². The summed E-state index contributed by atoms with van der Waals surface area (Å²) in [4.78, 5) is 17.8. The van der Waals surface area contributed by atoms with Crippen molar-refractivity contribution in [1.82, 2.24) is 9.47 Å². The van der Waals surface area contributed by atoms with Crippen molar-refractivity contribution in [3.05, 3.63) is 75.8 Å². The fourth-order valence-corrected chi connectivity index (χ4v) is 4.68. The molecule has 3 aromatic rings. The fourth-order valence-electron chi connectivity index (χ4n) is 4.68. The number of benzene rings is 2. The van der Waals surface area contributed by atoms with Crippen molar-refractivity contribution in [2.45, 2.75) is 25.5 Å². The molecule has 1 N–H and O–H groups in total. The minimum atomic E-state index is -0.594. The number of aliphatic hydroxyl groups excluding tert-OH is 1. The molecule has 1 aromatic heterocycles. The van der Waals surface area contributed by atoms with Gasteiger partial charge in [0.05, 0.1) is 17.9 Å². The second-order valence-electron chi connectivity index (χ2n) is 9.00. The van der Waals surface area contributed by atoms with E-state index in [1.165, 1.54) is 12.1 Å². The predicted octanol–water partition coefficient (Wildman–Crippen LogP) is 3.75.